The van der Waals surface area contributed by atoms with Gasteiger partial charge in [0.1, 0.15) is 6.04 Å². The van der Waals surface area contributed by atoms with Crippen molar-refractivity contribution in [2.45, 2.75) is 37.1 Å². The number of methoxy groups -OCH3 is 1. The van der Waals surface area contributed by atoms with Crippen molar-refractivity contribution in [1.29, 1.82) is 0 Å². The zero-order valence-corrected chi connectivity index (χ0v) is 18.4. The van der Waals surface area contributed by atoms with E-state index in [1.54, 1.807) is 43.3 Å². The lowest BCUT2D eigenvalue weighted by Crippen LogP contribution is -2.35. The summed E-state index contributed by atoms with van der Waals surface area (Å²) in [6.45, 7) is 2.80. The van der Waals surface area contributed by atoms with Crippen LogP contribution < -0.4 is 10.6 Å². The highest BCUT2D eigenvalue weighted by Crippen LogP contribution is 2.22. The quantitative estimate of drug-likeness (QED) is 0.635. The molecule has 0 spiro atoms. The molecule has 1 saturated heterocycles. The molecule has 1 atom stereocenters. The molecule has 1 aliphatic heterocycles. The van der Waals surface area contributed by atoms with E-state index in [2.05, 4.69) is 15.4 Å². The van der Waals surface area contributed by atoms with Gasteiger partial charge in [0.15, 0.2) is 0 Å². The van der Waals surface area contributed by atoms with Crippen LogP contribution in [0.1, 0.15) is 36.5 Å². The van der Waals surface area contributed by atoms with Crippen molar-refractivity contribution < 1.29 is 22.7 Å². The summed E-state index contributed by atoms with van der Waals surface area (Å²) < 4.78 is 31.6. The summed E-state index contributed by atoms with van der Waals surface area (Å²) in [5, 5.41) is 5.83. The number of carbonyl (C=O) groups excluding carboxylic acids is 2. The zero-order chi connectivity index (χ0) is 22.4. The lowest BCUT2D eigenvalue weighted by molar-refractivity contribution is -0.116. The molecule has 166 valence electrons. The van der Waals surface area contributed by atoms with E-state index in [9.17, 15) is 18.0 Å². The lowest BCUT2D eigenvalue weighted by atomic mass is 10.2. The molecule has 1 aliphatic rings. The highest BCUT2D eigenvalue weighted by atomic mass is 32.2. The third kappa shape index (κ3) is 5.62. The van der Waals surface area contributed by atoms with Crippen molar-refractivity contribution in [3.05, 3.63) is 54.1 Å². The number of hydrogen-bond donors (Lipinski definition) is 2. The van der Waals surface area contributed by atoms with Crippen LogP contribution in [0.5, 0.6) is 0 Å². The molecule has 9 heteroatoms. The standard InChI is InChI=1S/C22H27N3O5S/c1-16(23-18-8-6-17(7-9-18)22(27)30-2)21(26)24-19-10-12-20(13-11-19)31(28,29)25-14-4-3-5-15-25/h6-13,16,23H,3-5,14-15H2,1-2H3,(H,24,26)/t16-/m0/s1. The highest BCUT2D eigenvalue weighted by molar-refractivity contribution is 7.89. The third-order valence-electron chi connectivity index (χ3n) is 5.16. The Morgan fingerprint density at radius 2 is 1.52 bits per heavy atom. The van der Waals surface area contributed by atoms with E-state index in [0.29, 0.717) is 30.0 Å². The maximum Gasteiger partial charge on any atom is 0.337 e. The molecule has 2 N–H and O–H groups in total. The lowest BCUT2D eigenvalue weighted by Gasteiger charge is -2.25. The first kappa shape index (κ1) is 22.8. The molecular formula is C22H27N3O5S. The average Bonchev–Trinajstić information content (AvgIpc) is 2.80. The molecule has 31 heavy (non-hydrogen) atoms. The van der Waals surface area contributed by atoms with Crippen molar-refractivity contribution in [2.75, 3.05) is 30.8 Å². The topological polar surface area (TPSA) is 105 Å². The van der Waals surface area contributed by atoms with Crippen LogP contribution >= 0.6 is 0 Å². The first-order valence-electron chi connectivity index (χ1n) is 10.2. The van der Waals surface area contributed by atoms with Gasteiger partial charge in [-0.3, -0.25) is 4.79 Å². The van der Waals surface area contributed by atoms with Crippen molar-refractivity contribution in [1.82, 2.24) is 4.31 Å². The van der Waals surface area contributed by atoms with Crippen LogP contribution in [0.25, 0.3) is 0 Å². The number of benzene rings is 2. The maximum absolute atomic E-state index is 12.7. The van der Waals surface area contributed by atoms with Gasteiger partial charge < -0.3 is 15.4 Å². The van der Waals surface area contributed by atoms with Gasteiger partial charge in [-0.1, -0.05) is 6.42 Å². The number of nitrogens with zero attached hydrogens (tertiary/aromatic N) is 1. The molecule has 2 aromatic carbocycles. The summed E-state index contributed by atoms with van der Waals surface area (Å²) in [6, 6.07) is 12.3. The Kier molecular flexibility index (Phi) is 7.29. The van der Waals surface area contributed by atoms with Crippen LogP contribution in [0.2, 0.25) is 0 Å². The SMILES string of the molecule is COC(=O)c1ccc(N[C@@H](C)C(=O)Nc2ccc(S(=O)(=O)N3CCCCC3)cc2)cc1. The molecule has 0 aromatic heterocycles. The van der Waals surface area contributed by atoms with Gasteiger partial charge in [0.2, 0.25) is 15.9 Å². The molecule has 8 nitrogen and oxygen atoms in total. The largest absolute Gasteiger partial charge is 0.465 e. The fourth-order valence-electron chi connectivity index (χ4n) is 3.35. The zero-order valence-electron chi connectivity index (χ0n) is 17.6. The summed E-state index contributed by atoms with van der Waals surface area (Å²) in [6.07, 6.45) is 2.81. The minimum Gasteiger partial charge on any atom is -0.465 e. The normalized spacial score (nSPS) is 15.7. The second-order valence-corrected chi connectivity index (χ2v) is 9.35. The number of amides is 1. The van der Waals surface area contributed by atoms with Crippen LogP contribution in [0.15, 0.2) is 53.4 Å². The molecule has 1 heterocycles. The number of nitrogens with one attached hydrogen (secondary N) is 2. The summed E-state index contributed by atoms with van der Waals surface area (Å²) in [7, 11) is -2.18. The number of carbonyl (C=O) groups is 2. The first-order valence-corrected chi connectivity index (χ1v) is 11.6. The number of sulfonamides is 1. The summed E-state index contributed by atoms with van der Waals surface area (Å²) in [4.78, 5) is 24.2. The fourth-order valence-corrected chi connectivity index (χ4v) is 4.87. The summed E-state index contributed by atoms with van der Waals surface area (Å²) >= 11 is 0. The molecule has 0 saturated carbocycles. The van der Waals surface area contributed by atoms with Gasteiger partial charge >= 0.3 is 5.97 Å². The van der Waals surface area contributed by atoms with Crippen molar-refractivity contribution in [2.24, 2.45) is 0 Å². The van der Waals surface area contributed by atoms with Crippen LogP contribution in [-0.2, 0) is 19.6 Å². The van der Waals surface area contributed by atoms with Gasteiger partial charge in [-0.15, -0.1) is 0 Å². The van der Waals surface area contributed by atoms with Crippen LogP contribution in [-0.4, -0.2) is 50.8 Å². The number of ether oxygens (including phenoxy) is 1. The third-order valence-corrected chi connectivity index (χ3v) is 7.07. The van der Waals surface area contributed by atoms with E-state index in [0.717, 1.165) is 19.3 Å². The molecule has 1 fully saturated rings. The second-order valence-electron chi connectivity index (χ2n) is 7.41. The Hall–Kier alpha value is -2.91. The van der Waals surface area contributed by atoms with Gasteiger partial charge in [0.25, 0.3) is 0 Å². The highest BCUT2D eigenvalue weighted by Gasteiger charge is 2.25. The van der Waals surface area contributed by atoms with Crippen molar-refractivity contribution >= 4 is 33.3 Å². The number of esters is 1. The number of anilines is 2. The maximum atomic E-state index is 12.7. The fraction of sp³-hybridized carbons (Fsp3) is 0.364. The Bertz CT molecular complexity index is 1010. The van der Waals surface area contributed by atoms with Gasteiger partial charge in [-0.2, -0.15) is 4.31 Å². The number of rotatable bonds is 7. The van der Waals surface area contributed by atoms with Gasteiger partial charge in [-0.05, 0) is 68.3 Å². The van der Waals surface area contributed by atoms with E-state index < -0.39 is 22.0 Å². The van der Waals surface area contributed by atoms with Gasteiger partial charge in [-0.25, -0.2) is 13.2 Å². The van der Waals surface area contributed by atoms with Gasteiger partial charge in [0, 0.05) is 24.5 Å². The Morgan fingerprint density at radius 1 is 0.935 bits per heavy atom. The molecule has 0 bridgehead atoms. The van der Waals surface area contributed by atoms with E-state index in [4.69, 9.17) is 0 Å². The predicted octanol–water partition coefficient (Wildman–Crippen LogP) is 3.09. The van der Waals surface area contributed by atoms with E-state index >= 15 is 0 Å². The smallest absolute Gasteiger partial charge is 0.337 e. The molecular weight excluding hydrogens is 418 g/mol. The molecule has 0 unspecified atom stereocenters. The number of piperidine rings is 1. The summed E-state index contributed by atoms with van der Waals surface area (Å²) in [5.41, 5.74) is 1.61. The second kappa shape index (κ2) is 9.93. The van der Waals surface area contributed by atoms with Gasteiger partial charge in [0.05, 0.1) is 17.6 Å². The summed E-state index contributed by atoms with van der Waals surface area (Å²) in [5.74, 6) is -0.702. The Balaban J connectivity index is 1.59. The minimum atomic E-state index is -3.50. The van der Waals surface area contributed by atoms with Crippen LogP contribution in [0.3, 0.4) is 0 Å². The molecule has 1 amide bonds. The van der Waals surface area contributed by atoms with Crippen LogP contribution in [0.4, 0.5) is 11.4 Å². The van der Waals surface area contributed by atoms with Crippen molar-refractivity contribution in [3.8, 4) is 0 Å². The predicted molar refractivity (Wildman–Crippen MR) is 119 cm³/mol. The Morgan fingerprint density at radius 3 is 2.10 bits per heavy atom. The first-order chi connectivity index (χ1) is 14.8. The minimum absolute atomic E-state index is 0.226. The van der Waals surface area contributed by atoms with Crippen LogP contribution in [0, 0.1) is 0 Å². The molecule has 0 radical (unpaired) electrons. The van der Waals surface area contributed by atoms with E-state index in [1.165, 1.54) is 23.5 Å². The van der Waals surface area contributed by atoms with E-state index in [1.807, 2.05) is 0 Å². The van der Waals surface area contributed by atoms with Crippen molar-refractivity contribution in [3.63, 3.8) is 0 Å². The monoisotopic (exact) mass is 445 g/mol. The average molecular weight is 446 g/mol. The molecule has 2 aromatic rings. The molecule has 3 rings (SSSR count). The van der Waals surface area contributed by atoms with E-state index in [-0.39, 0.29) is 10.8 Å². The number of hydrogen-bond acceptors (Lipinski definition) is 6. The Labute approximate surface area is 182 Å². The molecule has 0 aliphatic carbocycles.